The van der Waals surface area contributed by atoms with Crippen LogP contribution in [-0.2, 0) is 9.53 Å². The van der Waals surface area contributed by atoms with Gasteiger partial charge in [-0.2, -0.15) is 0 Å². The largest absolute Gasteiger partial charge is 0.470 e. The number of rotatable bonds is 6. The summed E-state index contributed by atoms with van der Waals surface area (Å²) in [7, 11) is 0. The number of amides is 1. The maximum absolute atomic E-state index is 13.2. The second-order valence-corrected chi connectivity index (χ2v) is 6.82. The molecular weight excluding hydrogens is 353 g/mol. The van der Waals surface area contributed by atoms with E-state index in [9.17, 15) is 9.18 Å². The van der Waals surface area contributed by atoms with Crippen LogP contribution in [0.4, 0.5) is 4.39 Å². The highest BCUT2D eigenvalue weighted by molar-refractivity contribution is 7.80. The second kappa shape index (κ2) is 9.62. The molecule has 2 heterocycles. The van der Waals surface area contributed by atoms with Crippen molar-refractivity contribution >= 4 is 23.3 Å². The number of hydrogen-bond acceptors (Lipinski definition) is 4. The van der Waals surface area contributed by atoms with Crippen molar-refractivity contribution < 1.29 is 13.9 Å². The predicted octanol–water partition coefficient (Wildman–Crippen LogP) is 3.33. The molecule has 2 atom stereocenters. The van der Waals surface area contributed by atoms with E-state index >= 15 is 0 Å². The first-order chi connectivity index (χ1) is 12.5. The van der Waals surface area contributed by atoms with E-state index in [1.54, 1.807) is 24.1 Å². The standard InChI is InChI=1S/C19H26FN3O2S/c1-4-9-22(5-2)19(26)25-13-15-12-23(14(3)24)10-8-17(15)18-7-6-16(20)11-21-18/h5-7,11,15,17H,2,4,8-10,12-13H2,1,3H3/t15?,17-/m1/s1. The molecule has 1 aliphatic heterocycles. The summed E-state index contributed by atoms with van der Waals surface area (Å²) in [6.07, 6.45) is 4.59. The Kier molecular flexibility index (Phi) is 7.50. The number of carbonyl (C=O) groups excluding carboxylic acids is 1. The third-order valence-corrected chi connectivity index (χ3v) is 5.00. The van der Waals surface area contributed by atoms with Crippen LogP contribution in [0.25, 0.3) is 0 Å². The monoisotopic (exact) mass is 379 g/mol. The van der Waals surface area contributed by atoms with Crippen LogP contribution in [0, 0.1) is 11.7 Å². The van der Waals surface area contributed by atoms with Gasteiger partial charge in [-0.1, -0.05) is 13.5 Å². The first kappa shape index (κ1) is 20.3. The van der Waals surface area contributed by atoms with Crippen molar-refractivity contribution in [2.75, 3.05) is 26.2 Å². The number of aromatic nitrogens is 1. The minimum Gasteiger partial charge on any atom is -0.470 e. The number of nitrogens with zero attached hydrogens (tertiary/aromatic N) is 3. The summed E-state index contributed by atoms with van der Waals surface area (Å²) in [6, 6.07) is 3.13. The van der Waals surface area contributed by atoms with Gasteiger partial charge in [-0.05, 0) is 37.2 Å². The first-order valence-electron chi connectivity index (χ1n) is 8.89. The van der Waals surface area contributed by atoms with Gasteiger partial charge in [0.1, 0.15) is 5.82 Å². The van der Waals surface area contributed by atoms with E-state index in [0.717, 1.165) is 25.1 Å². The zero-order valence-electron chi connectivity index (χ0n) is 15.4. The Morgan fingerprint density at radius 1 is 1.58 bits per heavy atom. The van der Waals surface area contributed by atoms with Crippen LogP contribution in [0.1, 0.15) is 38.3 Å². The van der Waals surface area contributed by atoms with Crippen LogP contribution in [-0.4, -0.2) is 52.1 Å². The molecule has 0 bridgehead atoms. The Hall–Kier alpha value is -2.02. The molecule has 1 unspecified atom stereocenters. The number of pyridine rings is 1. The van der Waals surface area contributed by atoms with Gasteiger partial charge in [0, 0.05) is 50.3 Å². The molecule has 1 fully saturated rings. The Labute approximate surface area is 159 Å². The summed E-state index contributed by atoms with van der Waals surface area (Å²) in [5.74, 6) is -0.180. The topological polar surface area (TPSA) is 45.7 Å². The maximum atomic E-state index is 13.2. The van der Waals surface area contributed by atoms with Crippen molar-refractivity contribution in [3.63, 3.8) is 0 Å². The van der Waals surface area contributed by atoms with Gasteiger partial charge >= 0.3 is 0 Å². The van der Waals surface area contributed by atoms with Crippen molar-refractivity contribution in [3.05, 3.63) is 42.6 Å². The van der Waals surface area contributed by atoms with Crippen molar-refractivity contribution in [2.45, 2.75) is 32.6 Å². The molecule has 0 aromatic carbocycles. The molecule has 0 aliphatic carbocycles. The van der Waals surface area contributed by atoms with Crippen molar-refractivity contribution in [3.8, 4) is 0 Å². The Morgan fingerprint density at radius 3 is 2.92 bits per heavy atom. The molecule has 0 radical (unpaired) electrons. The molecule has 7 heteroatoms. The number of ether oxygens (including phenoxy) is 1. The number of piperidine rings is 1. The lowest BCUT2D eigenvalue weighted by atomic mass is 9.83. The summed E-state index contributed by atoms with van der Waals surface area (Å²) >= 11 is 5.35. The van der Waals surface area contributed by atoms with E-state index < -0.39 is 0 Å². The van der Waals surface area contributed by atoms with Gasteiger partial charge in [0.15, 0.2) is 0 Å². The molecule has 1 amide bonds. The maximum Gasteiger partial charge on any atom is 0.263 e. The van der Waals surface area contributed by atoms with E-state index in [1.807, 2.05) is 4.90 Å². The summed E-state index contributed by atoms with van der Waals surface area (Å²) in [5, 5.41) is 0.382. The fourth-order valence-electron chi connectivity index (χ4n) is 3.24. The van der Waals surface area contributed by atoms with Crippen LogP contribution in [0.3, 0.4) is 0 Å². The normalized spacial score (nSPS) is 19.7. The molecule has 1 saturated heterocycles. The minimum absolute atomic E-state index is 0.0388. The Bertz CT molecular complexity index is 638. The number of carbonyl (C=O) groups is 1. The third-order valence-electron chi connectivity index (χ3n) is 4.65. The smallest absolute Gasteiger partial charge is 0.263 e. The zero-order valence-corrected chi connectivity index (χ0v) is 16.2. The number of likely N-dealkylation sites (tertiary alicyclic amines) is 1. The molecule has 2 rings (SSSR count). The average Bonchev–Trinajstić information content (AvgIpc) is 2.64. The lowest BCUT2D eigenvalue weighted by Gasteiger charge is -2.38. The van der Waals surface area contributed by atoms with Crippen LogP contribution in [0.2, 0.25) is 0 Å². The molecule has 1 aromatic rings. The predicted molar refractivity (Wildman–Crippen MR) is 103 cm³/mol. The highest BCUT2D eigenvalue weighted by Crippen LogP contribution is 2.32. The number of thiocarbonyl (C=S) groups is 1. The summed E-state index contributed by atoms with van der Waals surface area (Å²) < 4.78 is 19.0. The zero-order chi connectivity index (χ0) is 19.1. The molecule has 5 nitrogen and oxygen atoms in total. The van der Waals surface area contributed by atoms with E-state index in [1.165, 1.54) is 12.3 Å². The highest BCUT2D eigenvalue weighted by Gasteiger charge is 2.33. The number of hydrogen-bond donors (Lipinski definition) is 0. The molecule has 0 saturated carbocycles. The van der Waals surface area contributed by atoms with Gasteiger partial charge in [-0.25, -0.2) is 4.39 Å². The van der Waals surface area contributed by atoms with Crippen molar-refractivity contribution in [1.29, 1.82) is 0 Å². The van der Waals surface area contributed by atoms with Crippen LogP contribution in [0.5, 0.6) is 0 Å². The van der Waals surface area contributed by atoms with Gasteiger partial charge in [0.2, 0.25) is 5.91 Å². The molecular formula is C19H26FN3O2S. The van der Waals surface area contributed by atoms with Crippen molar-refractivity contribution in [2.24, 2.45) is 5.92 Å². The second-order valence-electron chi connectivity index (χ2n) is 6.47. The molecule has 142 valence electrons. The summed E-state index contributed by atoms with van der Waals surface area (Å²) in [6.45, 7) is 9.74. The van der Waals surface area contributed by atoms with Crippen LogP contribution < -0.4 is 0 Å². The van der Waals surface area contributed by atoms with E-state index in [2.05, 4.69) is 18.5 Å². The van der Waals surface area contributed by atoms with E-state index in [4.69, 9.17) is 17.0 Å². The highest BCUT2D eigenvalue weighted by atomic mass is 32.1. The molecule has 0 N–H and O–H groups in total. The molecule has 1 aromatic heterocycles. The Morgan fingerprint density at radius 2 is 2.35 bits per heavy atom. The molecule has 0 spiro atoms. The van der Waals surface area contributed by atoms with E-state index in [-0.39, 0.29) is 23.6 Å². The quantitative estimate of drug-likeness (QED) is 0.710. The van der Waals surface area contributed by atoms with Gasteiger partial charge in [0.25, 0.3) is 5.17 Å². The van der Waals surface area contributed by atoms with Gasteiger partial charge in [0.05, 0.1) is 12.8 Å². The van der Waals surface area contributed by atoms with Crippen molar-refractivity contribution in [1.82, 2.24) is 14.8 Å². The lowest BCUT2D eigenvalue weighted by Crippen LogP contribution is -2.44. The molecule has 26 heavy (non-hydrogen) atoms. The SMILES string of the molecule is C=CN(CCC)C(=S)OCC1CN(C(C)=O)CC[C@H]1c1ccc(F)cn1. The summed E-state index contributed by atoms with van der Waals surface area (Å²) in [4.78, 5) is 19.6. The number of halogens is 1. The third kappa shape index (κ3) is 5.24. The van der Waals surface area contributed by atoms with E-state index in [0.29, 0.717) is 24.9 Å². The van der Waals surface area contributed by atoms with Crippen LogP contribution in [0.15, 0.2) is 31.1 Å². The van der Waals surface area contributed by atoms with Gasteiger partial charge in [-0.15, -0.1) is 0 Å². The minimum atomic E-state index is -0.356. The van der Waals surface area contributed by atoms with Gasteiger partial charge < -0.3 is 14.5 Å². The lowest BCUT2D eigenvalue weighted by molar-refractivity contribution is -0.131. The summed E-state index contributed by atoms with van der Waals surface area (Å²) in [5.41, 5.74) is 0.822. The average molecular weight is 380 g/mol. The molecule has 1 aliphatic rings. The Balaban J connectivity index is 2.09. The van der Waals surface area contributed by atoms with Crippen LogP contribution >= 0.6 is 12.2 Å². The fraction of sp³-hybridized carbons (Fsp3) is 0.526. The van der Waals surface area contributed by atoms with Gasteiger partial charge in [-0.3, -0.25) is 9.78 Å². The fourth-order valence-corrected chi connectivity index (χ4v) is 3.48. The first-order valence-corrected chi connectivity index (χ1v) is 9.30.